The zero-order valence-electron chi connectivity index (χ0n) is 13.1. The summed E-state index contributed by atoms with van der Waals surface area (Å²) < 4.78 is 15.4. The first kappa shape index (κ1) is 17.3. The molecule has 1 aromatic carbocycles. The third kappa shape index (κ3) is 6.01. The van der Waals surface area contributed by atoms with Crippen molar-refractivity contribution in [3.8, 4) is 11.5 Å². The Morgan fingerprint density at radius 3 is 2.57 bits per heavy atom. The minimum Gasteiger partial charge on any atom is -0.493 e. The van der Waals surface area contributed by atoms with Crippen LogP contribution in [-0.2, 0) is 16.1 Å². The van der Waals surface area contributed by atoms with E-state index in [0.29, 0.717) is 31.2 Å². The number of carbonyl (C=O) groups excluding carboxylic acids is 1. The van der Waals surface area contributed by atoms with Crippen molar-refractivity contribution in [2.75, 3.05) is 34.5 Å². The quantitative estimate of drug-likeness (QED) is 0.668. The number of quaternary nitrogens is 1. The Morgan fingerprint density at radius 1 is 1.24 bits per heavy atom. The molecule has 0 unspecified atom stereocenters. The Kier molecular flexibility index (Phi) is 7.56. The van der Waals surface area contributed by atoms with E-state index in [2.05, 4.69) is 5.32 Å². The fourth-order valence-corrected chi connectivity index (χ4v) is 1.90. The van der Waals surface area contributed by atoms with E-state index in [1.807, 2.05) is 30.4 Å². The first-order chi connectivity index (χ1) is 10.1. The number of benzene rings is 1. The van der Waals surface area contributed by atoms with Gasteiger partial charge in [-0.3, -0.25) is 4.79 Å². The van der Waals surface area contributed by atoms with Crippen LogP contribution < -0.4 is 20.1 Å². The molecule has 0 bridgehead atoms. The molecule has 118 valence electrons. The van der Waals surface area contributed by atoms with Gasteiger partial charge in [0.25, 0.3) is 5.91 Å². The maximum absolute atomic E-state index is 11.8. The molecule has 0 heterocycles. The average Bonchev–Trinajstić information content (AvgIpc) is 2.50. The molecule has 21 heavy (non-hydrogen) atoms. The largest absolute Gasteiger partial charge is 0.493 e. The fourth-order valence-electron chi connectivity index (χ4n) is 1.90. The van der Waals surface area contributed by atoms with Gasteiger partial charge in [0.2, 0.25) is 0 Å². The van der Waals surface area contributed by atoms with E-state index >= 15 is 0 Å². The molecule has 1 rings (SSSR count). The van der Waals surface area contributed by atoms with Crippen LogP contribution in [0.1, 0.15) is 12.5 Å². The fraction of sp³-hybridized carbons (Fsp3) is 0.533. The minimum atomic E-state index is -0.00672. The van der Waals surface area contributed by atoms with Crippen LogP contribution in [0.15, 0.2) is 18.2 Å². The molecule has 0 aliphatic carbocycles. The predicted molar refractivity (Wildman–Crippen MR) is 79.5 cm³/mol. The normalized spacial score (nSPS) is 11.8. The Labute approximate surface area is 125 Å². The zero-order chi connectivity index (χ0) is 15.7. The molecule has 3 N–H and O–H groups in total. The van der Waals surface area contributed by atoms with Crippen molar-refractivity contribution in [1.29, 1.82) is 0 Å². The Bertz CT molecular complexity index is 451. The van der Waals surface area contributed by atoms with Gasteiger partial charge in [-0.25, -0.2) is 0 Å². The number of rotatable bonds is 9. The Morgan fingerprint density at radius 2 is 1.95 bits per heavy atom. The van der Waals surface area contributed by atoms with Crippen LogP contribution in [0.25, 0.3) is 0 Å². The highest BCUT2D eigenvalue weighted by Gasteiger charge is 2.09. The molecule has 0 aliphatic rings. The van der Waals surface area contributed by atoms with Gasteiger partial charge >= 0.3 is 0 Å². The summed E-state index contributed by atoms with van der Waals surface area (Å²) in [6.07, 6.45) is 0. The van der Waals surface area contributed by atoms with Gasteiger partial charge < -0.3 is 24.8 Å². The smallest absolute Gasteiger partial charge is 0.275 e. The first-order valence-electron chi connectivity index (χ1n) is 6.90. The van der Waals surface area contributed by atoms with Crippen molar-refractivity contribution >= 4 is 5.91 Å². The summed E-state index contributed by atoms with van der Waals surface area (Å²) in [6, 6.07) is 5.85. The highest BCUT2D eigenvalue weighted by Crippen LogP contribution is 2.27. The molecule has 0 fully saturated rings. The Balaban J connectivity index is 2.42. The summed E-state index contributed by atoms with van der Waals surface area (Å²) >= 11 is 0. The first-order valence-corrected chi connectivity index (χ1v) is 6.90. The average molecular weight is 297 g/mol. The van der Waals surface area contributed by atoms with Gasteiger partial charge in [0.15, 0.2) is 18.0 Å². The van der Waals surface area contributed by atoms with Crippen LogP contribution in [0.3, 0.4) is 0 Å². The van der Waals surface area contributed by atoms with Gasteiger partial charge in [-0.15, -0.1) is 0 Å². The lowest BCUT2D eigenvalue weighted by Gasteiger charge is -2.11. The van der Waals surface area contributed by atoms with Crippen LogP contribution in [0.5, 0.6) is 11.5 Å². The second-order valence-electron chi connectivity index (χ2n) is 4.84. The van der Waals surface area contributed by atoms with Crippen LogP contribution in [0.4, 0.5) is 0 Å². The van der Waals surface area contributed by atoms with Crippen molar-refractivity contribution in [1.82, 2.24) is 5.32 Å². The maximum Gasteiger partial charge on any atom is 0.275 e. The number of methoxy groups -OCH3 is 3. The lowest BCUT2D eigenvalue weighted by molar-refractivity contribution is -0.677. The highest BCUT2D eigenvalue weighted by molar-refractivity contribution is 5.76. The van der Waals surface area contributed by atoms with E-state index in [-0.39, 0.29) is 11.9 Å². The number of amides is 1. The molecule has 0 radical (unpaired) electrons. The molecule has 0 aromatic heterocycles. The third-order valence-corrected chi connectivity index (χ3v) is 3.07. The summed E-state index contributed by atoms with van der Waals surface area (Å²) in [5, 5.41) is 4.83. The maximum atomic E-state index is 11.8. The van der Waals surface area contributed by atoms with Crippen molar-refractivity contribution in [2.24, 2.45) is 0 Å². The van der Waals surface area contributed by atoms with Gasteiger partial charge in [0.1, 0.15) is 6.04 Å². The summed E-state index contributed by atoms with van der Waals surface area (Å²) in [6.45, 7) is 3.50. The number of hydrogen-bond donors (Lipinski definition) is 2. The standard InChI is InChI=1S/C15H24N2O4/c1-11(10-19-2)16-9-15(18)17-8-12-5-6-13(20-3)14(7-12)21-4/h5-7,11,16H,8-10H2,1-4H3,(H,17,18)/p+1/t11-/m1/s1. The molecule has 0 saturated carbocycles. The van der Waals surface area contributed by atoms with Gasteiger partial charge in [-0.05, 0) is 24.6 Å². The number of ether oxygens (including phenoxy) is 3. The predicted octanol–water partition coefficient (Wildman–Crippen LogP) is -0.0817. The molecule has 0 aliphatic heterocycles. The molecule has 6 nitrogen and oxygen atoms in total. The summed E-state index contributed by atoms with van der Waals surface area (Å²) in [5.74, 6) is 1.33. The van der Waals surface area contributed by atoms with Crippen LogP contribution in [0, 0.1) is 0 Å². The van der Waals surface area contributed by atoms with Crippen LogP contribution in [-0.4, -0.2) is 46.4 Å². The van der Waals surface area contributed by atoms with E-state index in [9.17, 15) is 4.79 Å². The van der Waals surface area contributed by atoms with E-state index in [1.165, 1.54) is 0 Å². The molecule has 1 aromatic rings. The van der Waals surface area contributed by atoms with Gasteiger partial charge in [0, 0.05) is 13.7 Å². The molecule has 0 saturated heterocycles. The van der Waals surface area contributed by atoms with Gasteiger partial charge in [-0.2, -0.15) is 0 Å². The van der Waals surface area contributed by atoms with E-state index in [0.717, 1.165) is 5.56 Å². The number of nitrogens with two attached hydrogens (primary N) is 1. The molecular formula is C15H25N2O4+. The van der Waals surface area contributed by atoms with Crippen molar-refractivity contribution in [3.05, 3.63) is 23.8 Å². The van der Waals surface area contributed by atoms with Gasteiger partial charge in [-0.1, -0.05) is 6.07 Å². The monoisotopic (exact) mass is 297 g/mol. The van der Waals surface area contributed by atoms with Crippen molar-refractivity contribution < 1.29 is 24.3 Å². The number of nitrogens with one attached hydrogen (secondary N) is 1. The van der Waals surface area contributed by atoms with E-state index in [1.54, 1.807) is 21.3 Å². The number of hydrogen-bond acceptors (Lipinski definition) is 4. The van der Waals surface area contributed by atoms with E-state index in [4.69, 9.17) is 14.2 Å². The summed E-state index contributed by atoms with van der Waals surface area (Å²) in [5.41, 5.74) is 0.964. The van der Waals surface area contributed by atoms with Gasteiger partial charge in [0.05, 0.1) is 20.8 Å². The summed E-state index contributed by atoms with van der Waals surface area (Å²) in [7, 11) is 4.84. The molecule has 1 atom stereocenters. The Hall–Kier alpha value is -1.79. The lowest BCUT2D eigenvalue weighted by Crippen LogP contribution is -2.92. The summed E-state index contributed by atoms with van der Waals surface area (Å²) in [4.78, 5) is 11.8. The minimum absolute atomic E-state index is 0.00672. The highest BCUT2D eigenvalue weighted by atomic mass is 16.5. The number of carbonyl (C=O) groups is 1. The van der Waals surface area contributed by atoms with Crippen LogP contribution in [0.2, 0.25) is 0 Å². The second-order valence-corrected chi connectivity index (χ2v) is 4.84. The van der Waals surface area contributed by atoms with E-state index < -0.39 is 0 Å². The lowest BCUT2D eigenvalue weighted by atomic mass is 10.2. The molecule has 0 spiro atoms. The van der Waals surface area contributed by atoms with Crippen molar-refractivity contribution in [2.45, 2.75) is 19.5 Å². The zero-order valence-corrected chi connectivity index (χ0v) is 13.1. The molecule has 6 heteroatoms. The second kappa shape index (κ2) is 9.20. The topological polar surface area (TPSA) is 73.4 Å². The molecular weight excluding hydrogens is 272 g/mol. The van der Waals surface area contributed by atoms with Crippen LogP contribution >= 0.6 is 0 Å². The van der Waals surface area contributed by atoms with Crippen molar-refractivity contribution in [3.63, 3.8) is 0 Å². The third-order valence-electron chi connectivity index (χ3n) is 3.07. The SMILES string of the molecule is COC[C@@H](C)[NH2+]CC(=O)NCc1ccc(OC)c(OC)c1. The molecule has 1 amide bonds.